The number of nitrogens with one attached hydrogen (secondary N) is 1. The maximum absolute atomic E-state index is 11.9. The lowest BCUT2D eigenvalue weighted by molar-refractivity contribution is 0.101. The van der Waals surface area contributed by atoms with Gasteiger partial charge in [-0.15, -0.1) is 0 Å². The largest absolute Gasteiger partial charge is 0.399 e. The minimum Gasteiger partial charge on any atom is -0.399 e. The fourth-order valence-electron chi connectivity index (χ4n) is 1.70. The van der Waals surface area contributed by atoms with Crippen molar-refractivity contribution >= 4 is 17.2 Å². The quantitative estimate of drug-likeness (QED) is 0.646. The predicted octanol–water partition coefficient (Wildman–Crippen LogP) is 2.44. The Bertz CT molecular complexity index is 644. The first kappa shape index (κ1) is 12.7. The molecule has 2 aromatic rings. The number of hydrogen-bond donors (Lipinski definition) is 2. The van der Waals surface area contributed by atoms with Crippen molar-refractivity contribution in [3.63, 3.8) is 0 Å². The van der Waals surface area contributed by atoms with Crippen molar-refractivity contribution in [1.82, 2.24) is 0 Å². The molecule has 0 aliphatic carbocycles. The molecule has 4 nitrogen and oxygen atoms in total. The molecule has 0 spiro atoms. The van der Waals surface area contributed by atoms with Crippen LogP contribution < -0.4 is 11.1 Å². The number of ketones is 1. The van der Waals surface area contributed by atoms with Gasteiger partial charge in [0.05, 0.1) is 18.2 Å². The standard InChI is InChI=1S/C15H13N3O/c16-9-11-3-1-6-14(7-11)18-10-15(19)12-4-2-5-13(17)8-12/h1-8,18H,10,17H2. The van der Waals surface area contributed by atoms with E-state index in [9.17, 15) is 4.79 Å². The summed E-state index contributed by atoms with van der Waals surface area (Å²) < 4.78 is 0. The molecule has 0 saturated carbocycles. The molecule has 0 fully saturated rings. The van der Waals surface area contributed by atoms with Crippen molar-refractivity contribution in [1.29, 1.82) is 5.26 Å². The van der Waals surface area contributed by atoms with Crippen LogP contribution >= 0.6 is 0 Å². The zero-order valence-electron chi connectivity index (χ0n) is 10.3. The molecule has 19 heavy (non-hydrogen) atoms. The smallest absolute Gasteiger partial charge is 0.181 e. The Morgan fingerprint density at radius 2 is 2.00 bits per heavy atom. The molecule has 2 aromatic carbocycles. The first-order valence-electron chi connectivity index (χ1n) is 5.82. The predicted molar refractivity (Wildman–Crippen MR) is 74.8 cm³/mol. The summed E-state index contributed by atoms with van der Waals surface area (Å²) in [4.78, 5) is 11.9. The Balaban J connectivity index is 2.02. The van der Waals surface area contributed by atoms with Crippen LogP contribution in [-0.2, 0) is 0 Å². The second kappa shape index (κ2) is 5.69. The van der Waals surface area contributed by atoms with E-state index in [1.165, 1.54) is 0 Å². The second-order valence-corrected chi connectivity index (χ2v) is 4.09. The third-order valence-electron chi connectivity index (χ3n) is 2.65. The average molecular weight is 251 g/mol. The molecule has 4 heteroatoms. The SMILES string of the molecule is N#Cc1cccc(NCC(=O)c2cccc(N)c2)c1. The molecule has 0 amide bonds. The first-order valence-corrected chi connectivity index (χ1v) is 5.82. The van der Waals surface area contributed by atoms with Gasteiger partial charge in [-0.05, 0) is 30.3 Å². The molecule has 0 aliphatic rings. The summed E-state index contributed by atoms with van der Waals surface area (Å²) in [6.07, 6.45) is 0. The zero-order chi connectivity index (χ0) is 13.7. The van der Waals surface area contributed by atoms with Crippen LogP contribution in [0, 0.1) is 11.3 Å². The molecule has 0 unspecified atom stereocenters. The first-order chi connectivity index (χ1) is 9.19. The van der Waals surface area contributed by atoms with Crippen molar-refractivity contribution in [2.75, 3.05) is 17.6 Å². The molecule has 0 bridgehead atoms. The summed E-state index contributed by atoms with van der Waals surface area (Å²) in [7, 11) is 0. The number of nitrogen functional groups attached to an aromatic ring is 1. The van der Waals surface area contributed by atoms with E-state index in [2.05, 4.69) is 11.4 Å². The van der Waals surface area contributed by atoms with Gasteiger partial charge in [0.2, 0.25) is 0 Å². The molecule has 0 heterocycles. The van der Waals surface area contributed by atoms with Crippen molar-refractivity contribution in [3.05, 3.63) is 59.7 Å². The highest BCUT2D eigenvalue weighted by Crippen LogP contribution is 2.11. The average Bonchev–Trinajstić information content (AvgIpc) is 2.45. The lowest BCUT2D eigenvalue weighted by atomic mass is 10.1. The Hall–Kier alpha value is -2.80. The Morgan fingerprint density at radius 1 is 1.21 bits per heavy atom. The van der Waals surface area contributed by atoms with Crippen LogP contribution in [0.2, 0.25) is 0 Å². The fourth-order valence-corrected chi connectivity index (χ4v) is 1.70. The number of carbonyl (C=O) groups is 1. The van der Waals surface area contributed by atoms with Crippen LogP contribution in [0.25, 0.3) is 0 Å². The van der Waals surface area contributed by atoms with E-state index in [0.717, 1.165) is 5.69 Å². The topological polar surface area (TPSA) is 78.9 Å². The normalized spacial score (nSPS) is 9.63. The zero-order valence-corrected chi connectivity index (χ0v) is 10.3. The molecular formula is C15H13N3O. The number of Topliss-reactive ketones (excluding diaryl/α,β-unsaturated/α-hetero) is 1. The summed E-state index contributed by atoms with van der Waals surface area (Å²) in [5.41, 5.74) is 8.08. The monoisotopic (exact) mass is 251 g/mol. The van der Waals surface area contributed by atoms with Gasteiger partial charge in [0, 0.05) is 16.9 Å². The molecule has 0 aromatic heterocycles. The van der Waals surface area contributed by atoms with Crippen LogP contribution in [0.1, 0.15) is 15.9 Å². The maximum Gasteiger partial charge on any atom is 0.181 e. The molecule has 94 valence electrons. The summed E-state index contributed by atoms with van der Waals surface area (Å²) in [6.45, 7) is 0.165. The minimum absolute atomic E-state index is 0.0466. The highest BCUT2D eigenvalue weighted by atomic mass is 16.1. The number of nitriles is 1. The lowest BCUT2D eigenvalue weighted by Crippen LogP contribution is -2.14. The van der Waals surface area contributed by atoms with Gasteiger partial charge in [0.25, 0.3) is 0 Å². The van der Waals surface area contributed by atoms with Crippen LogP contribution in [0.4, 0.5) is 11.4 Å². The van der Waals surface area contributed by atoms with Crippen LogP contribution in [0.15, 0.2) is 48.5 Å². The minimum atomic E-state index is -0.0466. The number of rotatable bonds is 4. The van der Waals surface area contributed by atoms with E-state index >= 15 is 0 Å². The van der Waals surface area contributed by atoms with Gasteiger partial charge in [0.15, 0.2) is 5.78 Å². The summed E-state index contributed by atoms with van der Waals surface area (Å²) in [5.74, 6) is -0.0466. The van der Waals surface area contributed by atoms with Gasteiger partial charge in [-0.3, -0.25) is 4.79 Å². The van der Waals surface area contributed by atoms with Crippen LogP contribution in [0.3, 0.4) is 0 Å². The summed E-state index contributed by atoms with van der Waals surface area (Å²) >= 11 is 0. The van der Waals surface area contributed by atoms with Crippen LogP contribution in [-0.4, -0.2) is 12.3 Å². The Kier molecular flexibility index (Phi) is 3.79. The van der Waals surface area contributed by atoms with Crippen molar-refractivity contribution in [3.8, 4) is 6.07 Å². The lowest BCUT2D eigenvalue weighted by Gasteiger charge is -2.06. The molecule has 0 aliphatic heterocycles. The van der Waals surface area contributed by atoms with Gasteiger partial charge in [-0.25, -0.2) is 0 Å². The summed E-state index contributed by atoms with van der Waals surface area (Å²) in [6, 6.07) is 15.9. The molecule has 0 saturated heterocycles. The van der Waals surface area contributed by atoms with Gasteiger partial charge in [-0.2, -0.15) is 5.26 Å². The van der Waals surface area contributed by atoms with Gasteiger partial charge in [-0.1, -0.05) is 18.2 Å². The number of hydrogen-bond acceptors (Lipinski definition) is 4. The van der Waals surface area contributed by atoms with Crippen LogP contribution in [0.5, 0.6) is 0 Å². The van der Waals surface area contributed by atoms with Crippen molar-refractivity contribution < 1.29 is 4.79 Å². The molecule has 3 N–H and O–H groups in total. The van der Waals surface area contributed by atoms with E-state index in [4.69, 9.17) is 11.0 Å². The van der Waals surface area contributed by atoms with E-state index in [1.807, 2.05) is 6.07 Å². The third-order valence-corrected chi connectivity index (χ3v) is 2.65. The second-order valence-electron chi connectivity index (χ2n) is 4.09. The third kappa shape index (κ3) is 3.33. The number of anilines is 2. The molecule has 2 rings (SSSR count). The highest BCUT2D eigenvalue weighted by molar-refractivity contribution is 5.99. The van der Waals surface area contributed by atoms with E-state index in [0.29, 0.717) is 16.8 Å². The van der Waals surface area contributed by atoms with Gasteiger partial charge >= 0.3 is 0 Å². The van der Waals surface area contributed by atoms with Gasteiger partial charge in [0.1, 0.15) is 0 Å². The van der Waals surface area contributed by atoms with E-state index in [-0.39, 0.29) is 12.3 Å². The Labute approximate surface area is 111 Å². The summed E-state index contributed by atoms with van der Waals surface area (Å²) in [5, 5.41) is 11.8. The Morgan fingerprint density at radius 3 is 2.74 bits per heavy atom. The number of carbonyl (C=O) groups excluding carboxylic acids is 1. The highest BCUT2D eigenvalue weighted by Gasteiger charge is 2.05. The van der Waals surface area contributed by atoms with Crippen molar-refractivity contribution in [2.24, 2.45) is 0 Å². The maximum atomic E-state index is 11.9. The van der Waals surface area contributed by atoms with Crippen molar-refractivity contribution in [2.45, 2.75) is 0 Å². The molecule has 0 radical (unpaired) electrons. The van der Waals surface area contributed by atoms with Gasteiger partial charge < -0.3 is 11.1 Å². The fraction of sp³-hybridized carbons (Fsp3) is 0.0667. The van der Waals surface area contributed by atoms with E-state index in [1.54, 1.807) is 42.5 Å². The number of nitrogens with zero attached hydrogens (tertiary/aromatic N) is 1. The number of nitrogens with two attached hydrogens (primary N) is 1. The number of benzene rings is 2. The molecule has 0 atom stereocenters. The van der Waals surface area contributed by atoms with E-state index < -0.39 is 0 Å². The molecular weight excluding hydrogens is 238 g/mol.